The van der Waals surface area contributed by atoms with E-state index in [0.29, 0.717) is 52.4 Å². The van der Waals surface area contributed by atoms with Gasteiger partial charge in [0.25, 0.3) is 11.8 Å². The van der Waals surface area contributed by atoms with Gasteiger partial charge in [0.1, 0.15) is 17.2 Å². The van der Waals surface area contributed by atoms with E-state index in [1.54, 1.807) is 6.07 Å². The van der Waals surface area contributed by atoms with Gasteiger partial charge in [-0.25, -0.2) is 14.4 Å². The Balaban J connectivity index is 1.27. The number of rotatable bonds is 5. The van der Waals surface area contributed by atoms with Crippen LogP contribution in [0.1, 0.15) is 50.9 Å². The van der Waals surface area contributed by atoms with Crippen molar-refractivity contribution in [2.45, 2.75) is 39.2 Å². The van der Waals surface area contributed by atoms with Gasteiger partial charge in [0.2, 0.25) is 0 Å². The Kier molecular flexibility index (Phi) is 5.88. The molecule has 7 nitrogen and oxygen atoms in total. The minimum Gasteiger partial charge on any atom is -0.349 e. The lowest BCUT2D eigenvalue weighted by atomic mass is 9.94. The molecule has 0 bridgehead atoms. The van der Waals surface area contributed by atoms with Crippen LogP contribution in [0.4, 0.5) is 4.39 Å². The number of thiazole rings is 2. The molecular formula is C26H26FN5O2S2. The van der Waals surface area contributed by atoms with Crippen molar-refractivity contribution in [2.24, 2.45) is 11.8 Å². The van der Waals surface area contributed by atoms with Gasteiger partial charge in [-0.05, 0) is 56.2 Å². The zero-order valence-electron chi connectivity index (χ0n) is 20.0. The second-order valence-corrected chi connectivity index (χ2v) is 11.7. The number of likely N-dealkylation sites (tertiary alicyclic amines) is 1. The van der Waals surface area contributed by atoms with Crippen LogP contribution in [0.15, 0.2) is 35.8 Å². The lowest BCUT2D eigenvalue weighted by Crippen LogP contribution is -2.46. The number of benzene rings is 1. The maximum Gasteiger partial charge on any atom is 0.274 e. The second kappa shape index (κ2) is 9.08. The fourth-order valence-corrected chi connectivity index (χ4v) is 7.56. The summed E-state index contributed by atoms with van der Waals surface area (Å²) in [5, 5.41) is 5.77. The second-order valence-electron chi connectivity index (χ2n) is 9.61. The summed E-state index contributed by atoms with van der Waals surface area (Å²) in [7, 11) is 0. The molecule has 3 atom stereocenters. The molecule has 1 saturated carbocycles. The van der Waals surface area contributed by atoms with Gasteiger partial charge in [-0.1, -0.05) is 18.6 Å². The number of hydrogen-bond acceptors (Lipinski definition) is 6. The summed E-state index contributed by atoms with van der Waals surface area (Å²) >= 11 is 2.89. The maximum absolute atomic E-state index is 14.0. The van der Waals surface area contributed by atoms with Crippen molar-refractivity contribution in [3.05, 3.63) is 63.7 Å². The average molecular weight is 524 g/mol. The first-order valence-electron chi connectivity index (χ1n) is 12.2. The third kappa shape index (κ3) is 3.92. The van der Waals surface area contributed by atoms with Crippen LogP contribution in [-0.2, 0) is 0 Å². The third-order valence-corrected chi connectivity index (χ3v) is 9.23. The van der Waals surface area contributed by atoms with Crippen LogP contribution in [-0.4, -0.2) is 50.2 Å². The van der Waals surface area contributed by atoms with Gasteiger partial charge >= 0.3 is 0 Å². The fraction of sp³-hybridized carbons (Fsp3) is 0.385. The van der Waals surface area contributed by atoms with Crippen molar-refractivity contribution in [3.63, 3.8) is 0 Å². The van der Waals surface area contributed by atoms with Gasteiger partial charge in [0, 0.05) is 24.7 Å². The van der Waals surface area contributed by atoms with Gasteiger partial charge in [0.15, 0.2) is 4.96 Å². The number of carbonyl (C=O) groups excluding carboxylic acids is 2. The number of aryl methyl sites for hydroxylation is 2. The minimum atomic E-state index is -0.344. The lowest BCUT2D eigenvalue weighted by molar-refractivity contribution is 0.0696. The van der Waals surface area contributed by atoms with E-state index in [0.717, 1.165) is 29.2 Å². The Bertz CT molecular complexity index is 1470. The first-order chi connectivity index (χ1) is 17.4. The maximum atomic E-state index is 14.0. The fourth-order valence-electron chi connectivity index (χ4n) is 5.89. The lowest BCUT2D eigenvalue weighted by Gasteiger charge is -2.28. The summed E-state index contributed by atoms with van der Waals surface area (Å²) in [4.78, 5) is 39.5. The summed E-state index contributed by atoms with van der Waals surface area (Å²) in [6, 6.07) is 6.19. The van der Waals surface area contributed by atoms with Gasteiger partial charge in [0.05, 0.1) is 21.6 Å². The minimum absolute atomic E-state index is 0.109. The number of nitrogens with one attached hydrogen (secondary N) is 1. The molecule has 10 heteroatoms. The van der Waals surface area contributed by atoms with Crippen molar-refractivity contribution in [2.75, 3.05) is 13.1 Å². The molecule has 4 aromatic rings. The number of nitrogens with zero attached hydrogens (tertiary/aromatic N) is 4. The van der Waals surface area contributed by atoms with Crippen molar-refractivity contribution in [1.29, 1.82) is 0 Å². The molecule has 1 aliphatic carbocycles. The Hall–Kier alpha value is -3.11. The molecular weight excluding hydrogens is 497 g/mol. The molecule has 3 aromatic heterocycles. The van der Waals surface area contributed by atoms with Crippen LogP contribution < -0.4 is 5.32 Å². The van der Waals surface area contributed by atoms with E-state index < -0.39 is 0 Å². The highest BCUT2D eigenvalue weighted by molar-refractivity contribution is 7.15. The van der Waals surface area contributed by atoms with Crippen molar-refractivity contribution in [1.82, 2.24) is 24.6 Å². The quantitative estimate of drug-likeness (QED) is 0.402. The number of aromatic nitrogens is 3. The van der Waals surface area contributed by atoms with E-state index in [9.17, 15) is 14.0 Å². The molecule has 2 unspecified atom stereocenters. The largest absolute Gasteiger partial charge is 0.349 e. The smallest absolute Gasteiger partial charge is 0.274 e. The standard InChI is InChI=1S/C26H26FN5O2S2/c1-14-22(31-9-10-35-26(31)29-14)24(33)28-12-20-19-8-4-6-17(19)13-32(20)25(34)21-23(36-15(2)30-21)16-5-3-7-18(27)11-16/h3,5,7,9-11,17,19-20H,4,6,8,12-13H2,1-2H3,(H,28,33)/t17?,19-,20?/m0/s1. The molecule has 1 aromatic carbocycles. The van der Waals surface area contributed by atoms with Crippen LogP contribution >= 0.6 is 22.7 Å². The summed E-state index contributed by atoms with van der Waals surface area (Å²) in [6.07, 6.45) is 5.13. The van der Waals surface area contributed by atoms with Gasteiger partial charge in [-0.15, -0.1) is 22.7 Å². The molecule has 1 N–H and O–H groups in total. The predicted octanol–water partition coefficient (Wildman–Crippen LogP) is 4.95. The number of fused-ring (bicyclic) bond motifs is 2. The third-order valence-electron chi connectivity index (χ3n) is 7.45. The zero-order chi connectivity index (χ0) is 25.0. The van der Waals surface area contributed by atoms with Crippen molar-refractivity contribution in [3.8, 4) is 10.4 Å². The topological polar surface area (TPSA) is 79.6 Å². The Morgan fingerprint density at radius 2 is 2.08 bits per heavy atom. The first-order valence-corrected chi connectivity index (χ1v) is 13.8. The van der Waals surface area contributed by atoms with Gasteiger partial charge in [-0.3, -0.25) is 14.0 Å². The molecule has 2 aliphatic rings. The van der Waals surface area contributed by atoms with E-state index in [1.807, 2.05) is 40.8 Å². The summed E-state index contributed by atoms with van der Waals surface area (Å²) in [6.45, 7) is 4.73. The Morgan fingerprint density at radius 3 is 2.92 bits per heavy atom. The highest BCUT2D eigenvalue weighted by Gasteiger charge is 2.47. The van der Waals surface area contributed by atoms with Crippen LogP contribution in [0.2, 0.25) is 0 Å². The first kappa shape index (κ1) is 23.3. The number of hydrogen-bond donors (Lipinski definition) is 1. The monoisotopic (exact) mass is 523 g/mol. The SMILES string of the molecule is Cc1nc(C(=O)N2CC3CCC[C@@H]3C2CNC(=O)c2c(C)nc3sccn23)c(-c2cccc(F)c2)s1. The Morgan fingerprint density at radius 1 is 1.22 bits per heavy atom. The summed E-state index contributed by atoms with van der Waals surface area (Å²) < 4.78 is 15.8. The van der Waals surface area contributed by atoms with Gasteiger partial charge in [-0.2, -0.15) is 0 Å². The molecule has 4 heterocycles. The number of amides is 2. The molecule has 186 valence electrons. The van der Waals surface area contributed by atoms with E-state index >= 15 is 0 Å². The molecule has 2 fully saturated rings. The molecule has 0 spiro atoms. The number of carbonyl (C=O) groups is 2. The van der Waals surface area contributed by atoms with E-state index in [-0.39, 0.29) is 23.7 Å². The molecule has 36 heavy (non-hydrogen) atoms. The van der Waals surface area contributed by atoms with E-state index in [2.05, 4.69) is 15.3 Å². The Labute approximate surface area is 216 Å². The molecule has 1 aliphatic heterocycles. The van der Waals surface area contributed by atoms with Crippen LogP contribution in [0.25, 0.3) is 15.4 Å². The van der Waals surface area contributed by atoms with Gasteiger partial charge < -0.3 is 10.2 Å². The highest BCUT2D eigenvalue weighted by atomic mass is 32.1. The predicted molar refractivity (Wildman–Crippen MR) is 138 cm³/mol. The van der Waals surface area contributed by atoms with Crippen molar-refractivity contribution >= 4 is 39.4 Å². The highest BCUT2D eigenvalue weighted by Crippen LogP contribution is 2.43. The molecule has 1 saturated heterocycles. The van der Waals surface area contributed by atoms with Crippen LogP contribution in [0, 0.1) is 31.5 Å². The average Bonchev–Trinajstić information content (AvgIpc) is 3.64. The van der Waals surface area contributed by atoms with Crippen LogP contribution in [0.5, 0.6) is 0 Å². The molecule has 2 amide bonds. The number of halogens is 1. The summed E-state index contributed by atoms with van der Waals surface area (Å²) in [5.41, 5.74) is 2.25. The normalized spacial score (nSPS) is 21.3. The van der Waals surface area contributed by atoms with E-state index in [1.165, 1.54) is 34.8 Å². The molecule has 6 rings (SSSR count). The van der Waals surface area contributed by atoms with Crippen LogP contribution in [0.3, 0.4) is 0 Å². The van der Waals surface area contributed by atoms with Crippen molar-refractivity contribution < 1.29 is 14.0 Å². The zero-order valence-corrected chi connectivity index (χ0v) is 21.7. The number of imidazole rings is 1. The summed E-state index contributed by atoms with van der Waals surface area (Å²) in [5.74, 6) is 0.0983. The molecule has 0 radical (unpaired) electrons. The van der Waals surface area contributed by atoms with E-state index in [4.69, 9.17) is 0 Å².